The molecule has 0 radical (unpaired) electrons. The number of benzene rings is 2. The summed E-state index contributed by atoms with van der Waals surface area (Å²) in [4.78, 5) is 16.7. The van der Waals surface area contributed by atoms with E-state index in [2.05, 4.69) is 10.3 Å². The van der Waals surface area contributed by atoms with E-state index in [4.69, 9.17) is 0 Å². The Morgan fingerprint density at radius 3 is 2.39 bits per heavy atom. The van der Waals surface area contributed by atoms with Crippen LogP contribution in [0.1, 0.15) is 66.9 Å². The van der Waals surface area contributed by atoms with Crippen LogP contribution in [0.25, 0.3) is 10.9 Å². The van der Waals surface area contributed by atoms with Crippen molar-refractivity contribution in [2.75, 3.05) is 6.54 Å². The summed E-state index contributed by atoms with van der Waals surface area (Å²) in [6.07, 6.45) is 6.07. The van der Waals surface area contributed by atoms with E-state index in [1.807, 2.05) is 57.3 Å². The van der Waals surface area contributed by atoms with Crippen molar-refractivity contribution in [1.29, 1.82) is 0 Å². The predicted molar refractivity (Wildman–Crippen MR) is 132 cm³/mol. The van der Waals surface area contributed by atoms with E-state index >= 15 is 0 Å². The summed E-state index contributed by atoms with van der Waals surface area (Å²) >= 11 is 0. The van der Waals surface area contributed by atoms with Crippen LogP contribution in [-0.2, 0) is 0 Å². The molecule has 0 spiro atoms. The van der Waals surface area contributed by atoms with E-state index < -0.39 is 0 Å². The van der Waals surface area contributed by atoms with Crippen LogP contribution < -0.4 is 5.32 Å². The van der Waals surface area contributed by atoms with Crippen molar-refractivity contribution < 1.29 is 9.18 Å². The van der Waals surface area contributed by atoms with Gasteiger partial charge in [0.1, 0.15) is 5.82 Å². The smallest absolute Gasteiger partial charge is 0.251 e. The number of pyridine rings is 1. The maximum atomic E-state index is 13.7. The summed E-state index contributed by atoms with van der Waals surface area (Å²) in [6, 6.07) is 14.5. The largest absolute Gasteiger partial charge is 0.352 e. The number of amides is 1. The molecule has 1 aliphatic carbocycles. The summed E-state index contributed by atoms with van der Waals surface area (Å²) in [7, 11) is 0. The molecule has 1 heterocycles. The van der Waals surface area contributed by atoms with Gasteiger partial charge in [-0.3, -0.25) is 9.78 Å². The topological polar surface area (TPSA) is 42.0 Å². The zero-order valence-corrected chi connectivity index (χ0v) is 19.6. The molecule has 166 valence electrons. The van der Waals surface area contributed by atoms with Crippen LogP contribution >= 0.6 is 13.5 Å². The summed E-state index contributed by atoms with van der Waals surface area (Å²) in [5.74, 6) is 0.707. The summed E-state index contributed by atoms with van der Waals surface area (Å²) < 4.78 is 13.7. The van der Waals surface area contributed by atoms with E-state index in [1.165, 1.54) is 11.6 Å². The van der Waals surface area contributed by atoms with Gasteiger partial charge in [0.15, 0.2) is 0 Å². The molecule has 1 N–H and O–H groups in total. The number of carbonyl (C=O) groups excluding carboxylic acids is 1. The third-order valence-electron chi connectivity index (χ3n) is 5.89. The van der Waals surface area contributed by atoms with Crippen molar-refractivity contribution in [2.45, 2.75) is 52.4 Å². The maximum Gasteiger partial charge on any atom is 0.251 e. The minimum atomic E-state index is -0.214. The van der Waals surface area contributed by atoms with Crippen molar-refractivity contribution in [2.24, 2.45) is 5.92 Å². The molecule has 5 heteroatoms. The fraction of sp³-hybridized carbons (Fsp3) is 0.385. The Morgan fingerprint density at radius 2 is 1.71 bits per heavy atom. The highest BCUT2D eigenvalue weighted by atomic mass is 32.1. The fourth-order valence-electron chi connectivity index (χ4n) is 4.22. The first-order chi connectivity index (χ1) is 14.6. The second kappa shape index (κ2) is 11.8. The molecule has 2 aromatic carbocycles. The number of hydrogen-bond donors (Lipinski definition) is 1. The van der Waals surface area contributed by atoms with Crippen LogP contribution in [0.3, 0.4) is 0 Å². The molecule has 1 aromatic heterocycles. The Kier molecular flexibility index (Phi) is 9.50. The molecule has 0 saturated heterocycles. The third kappa shape index (κ3) is 6.30. The molecule has 1 aliphatic rings. The Hall–Kier alpha value is -2.40. The van der Waals surface area contributed by atoms with Crippen molar-refractivity contribution in [3.05, 3.63) is 77.2 Å². The van der Waals surface area contributed by atoms with Gasteiger partial charge in [-0.15, -0.1) is 0 Å². The van der Waals surface area contributed by atoms with Crippen molar-refractivity contribution in [1.82, 2.24) is 10.3 Å². The third-order valence-corrected chi connectivity index (χ3v) is 5.89. The molecule has 3 nitrogen and oxygen atoms in total. The van der Waals surface area contributed by atoms with Crippen LogP contribution in [0.4, 0.5) is 4.39 Å². The van der Waals surface area contributed by atoms with E-state index in [-0.39, 0.29) is 25.2 Å². The summed E-state index contributed by atoms with van der Waals surface area (Å²) in [5.41, 5.74) is 3.92. The maximum absolute atomic E-state index is 13.7. The minimum Gasteiger partial charge on any atom is -0.352 e. The van der Waals surface area contributed by atoms with Crippen LogP contribution in [0.2, 0.25) is 0 Å². The fourth-order valence-corrected chi connectivity index (χ4v) is 4.22. The van der Waals surface area contributed by atoms with Crippen LogP contribution in [0, 0.1) is 18.7 Å². The van der Waals surface area contributed by atoms with Crippen LogP contribution in [0.5, 0.6) is 0 Å². The first-order valence-corrected chi connectivity index (χ1v) is 11.0. The van der Waals surface area contributed by atoms with Gasteiger partial charge in [0, 0.05) is 23.7 Å². The van der Waals surface area contributed by atoms with Gasteiger partial charge in [-0.05, 0) is 86.4 Å². The second-order valence-corrected chi connectivity index (χ2v) is 7.86. The lowest BCUT2D eigenvalue weighted by molar-refractivity contribution is 0.0943. The number of rotatable bonds is 4. The summed E-state index contributed by atoms with van der Waals surface area (Å²) in [5, 5.41) is 4.01. The number of hydrogen-bond acceptors (Lipinski definition) is 2. The van der Waals surface area contributed by atoms with Gasteiger partial charge in [0.2, 0.25) is 0 Å². The lowest BCUT2D eigenvalue weighted by Gasteiger charge is -2.29. The highest BCUT2D eigenvalue weighted by Crippen LogP contribution is 2.38. The predicted octanol–water partition coefficient (Wildman–Crippen LogP) is 6.53. The normalized spacial score (nSPS) is 17.8. The lowest BCUT2D eigenvalue weighted by atomic mass is 9.78. The first kappa shape index (κ1) is 24.9. The molecule has 0 aliphatic heterocycles. The van der Waals surface area contributed by atoms with Gasteiger partial charge in [-0.1, -0.05) is 31.5 Å². The number of nitrogens with one attached hydrogen (secondary N) is 1. The SMILES string of the molecule is CC.Cc1ccc(C(=O)NCC2CCC(c3ccnc4ccc(F)cc34)CC2)cc1.S. The van der Waals surface area contributed by atoms with Crippen molar-refractivity contribution in [3.8, 4) is 0 Å². The number of carbonyl (C=O) groups is 1. The molecular formula is C26H33FN2OS. The van der Waals surface area contributed by atoms with Gasteiger partial charge in [0.25, 0.3) is 5.91 Å². The molecule has 4 rings (SSSR count). The van der Waals surface area contributed by atoms with Crippen molar-refractivity contribution >= 4 is 30.3 Å². The Bertz CT molecular complexity index is 982. The van der Waals surface area contributed by atoms with Gasteiger partial charge in [-0.25, -0.2) is 4.39 Å². The van der Waals surface area contributed by atoms with E-state index in [9.17, 15) is 9.18 Å². The molecular weight excluding hydrogens is 407 g/mol. The average Bonchev–Trinajstić information content (AvgIpc) is 2.79. The molecule has 0 bridgehead atoms. The van der Waals surface area contributed by atoms with E-state index in [1.54, 1.807) is 12.1 Å². The Balaban J connectivity index is 0.00000111. The first-order valence-electron chi connectivity index (χ1n) is 11.0. The van der Waals surface area contributed by atoms with Crippen LogP contribution in [-0.4, -0.2) is 17.4 Å². The highest BCUT2D eigenvalue weighted by Gasteiger charge is 2.24. The number of fused-ring (bicyclic) bond motifs is 1. The zero-order valence-electron chi connectivity index (χ0n) is 18.6. The van der Waals surface area contributed by atoms with E-state index in [0.29, 0.717) is 23.9 Å². The number of aromatic nitrogens is 1. The lowest BCUT2D eigenvalue weighted by Crippen LogP contribution is -2.31. The van der Waals surface area contributed by atoms with Gasteiger partial charge in [-0.2, -0.15) is 13.5 Å². The number of aryl methyl sites for hydroxylation is 1. The quantitative estimate of drug-likeness (QED) is 0.501. The number of nitrogens with zero attached hydrogens (tertiary/aromatic N) is 1. The molecule has 1 amide bonds. The molecule has 0 atom stereocenters. The van der Waals surface area contributed by atoms with Gasteiger partial charge >= 0.3 is 0 Å². The Morgan fingerprint density at radius 1 is 1.03 bits per heavy atom. The molecule has 0 unspecified atom stereocenters. The van der Waals surface area contributed by atoms with Gasteiger partial charge < -0.3 is 5.32 Å². The standard InChI is InChI=1S/C24H25FN2O.C2H6.H2S/c1-16-2-6-19(7-3-16)24(28)27-15-17-4-8-18(9-5-17)21-12-13-26-23-11-10-20(25)14-22(21)23;1-2;/h2-3,6-7,10-14,17-18H,4-5,8-9,15H2,1H3,(H,27,28);1-2H3;1H2. The number of halogens is 1. The van der Waals surface area contributed by atoms with E-state index in [0.717, 1.165) is 42.1 Å². The minimum absolute atomic E-state index is 0. The highest BCUT2D eigenvalue weighted by molar-refractivity contribution is 7.59. The summed E-state index contributed by atoms with van der Waals surface area (Å²) in [6.45, 7) is 6.73. The van der Waals surface area contributed by atoms with Gasteiger partial charge in [0.05, 0.1) is 5.52 Å². The molecule has 31 heavy (non-hydrogen) atoms. The Labute approximate surface area is 191 Å². The monoisotopic (exact) mass is 440 g/mol. The van der Waals surface area contributed by atoms with Crippen LogP contribution in [0.15, 0.2) is 54.7 Å². The zero-order chi connectivity index (χ0) is 21.5. The van der Waals surface area contributed by atoms with Crippen molar-refractivity contribution in [3.63, 3.8) is 0 Å². The average molecular weight is 441 g/mol. The molecule has 1 saturated carbocycles. The second-order valence-electron chi connectivity index (χ2n) is 7.86. The molecule has 1 fully saturated rings. The molecule has 3 aromatic rings.